The van der Waals surface area contributed by atoms with Crippen molar-refractivity contribution in [3.63, 3.8) is 0 Å². The number of benzene rings is 1. The molecule has 0 radical (unpaired) electrons. The van der Waals surface area contributed by atoms with Crippen LogP contribution in [0.3, 0.4) is 0 Å². The fraction of sp³-hybridized carbons (Fsp3) is 0.387. The average molecular weight is 450 g/mol. The summed E-state index contributed by atoms with van der Waals surface area (Å²) < 4.78 is 13.5. The monoisotopic (exact) mass is 449 g/mol. The molecule has 1 aromatic heterocycles. The van der Waals surface area contributed by atoms with Crippen molar-refractivity contribution >= 4 is 11.6 Å². The zero-order valence-corrected chi connectivity index (χ0v) is 22.0. The van der Waals surface area contributed by atoms with Crippen molar-refractivity contribution < 1.29 is 4.39 Å². The number of hydrogen-bond acceptors (Lipinski definition) is 1. The van der Waals surface area contributed by atoms with E-state index in [0.29, 0.717) is 5.92 Å². The molecule has 180 valence electrons. The quantitative estimate of drug-likeness (QED) is 0.200. The molecule has 0 fully saturated rings. The van der Waals surface area contributed by atoms with E-state index >= 15 is 0 Å². The Bertz CT molecular complexity index is 902. The van der Waals surface area contributed by atoms with E-state index in [-0.39, 0.29) is 5.82 Å². The first-order valence-corrected chi connectivity index (χ1v) is 12.3. The van der Waals surface area contributed by atoms with Gasteiger partial charge in [-0.1, -0.05) is 79.0 Å². The first-order valence-electron chi connectivity index (χ1n) is 12.3. The molecule has 0 bridgehead atoms. The van der Waals surface area contributed by atoms with Crippen molar-refractivity contribution in [2.45, 2.75) is 80.1 Å². The van der Waals surface area contributed by atoms with Crippen LogP contribution in [0.1, 0.15) is 96.0 Å². The van der Waals surface area contributed by atoms with Gasteiger partial charge >= 0.3 is 0 Å². The molecular weight excluding hydrogens is 405 g/mol. The second kappa shape index (κ2) is 16.8. The van der Waals surface area contributed by atoms with Crippen molar-refractivity contribution in [3.8, 4) is 11.3 Å². The Hall–Kier alpha value is -2.74. The molecule has 0 saturated heterocycles. The molecule has 0 aliphatic heterocycles. The summed E-state index contributed by atoms with van der Waals surface area (Å²) in [5, 5.41) is 0. The number of unbranched alkanes of at least 4 members (excludes halogenated alkanes) is 2. The first-order chi connectivity index (χ1) is 15.9. The lowest BCUT2D eigenvalue weighted by Crippen LogP contribution is -2.09. The largest absolute Gasteiger partial charge is 0.247 e. The Balaban J connectivity index is 0.00000242. The van der Waals surface area contributed by atoms with Gasteiger partial charge in [-0.2, -0.15) is 0 Å². The highest BCUT2D eigenvalue weighted by molar-refractivity contribution is 5.81. The minimum absolute atomic E-state index is 0.250. The maximum Gasteiger partial charge on any atom is 0.123 e. The van der Waals surface area contributed by atoms with E-state index in [1.165, 1.54) is 23.3 Å². The average Bonchev–Trinajstić information content (AvgIpc) is 2.84. The molecule has 0 unspecified atom stereocenters. The van der Waals surface area contributed by atoms with Crippen LogP contribution in [-0.4, -0.2) is 4.98 Å². The van der Waals surface area contributed by atoms with Crippen LogP contribution >= 0.6 is 0 Å². The van der Waals surface area contributed by atoms with Crippen molar-refractivity contribution in [1.82, 2.24) is 4.98 Å². The van der Waals surface area contributed by atoms with Crippen LogP contribution in [-0.2, 0) is 6.42 Å². The second-order valence-electron chi connectivity index (χ2n) is 7.54. The van der Waals surface area contributed by atoms with Crippen LogP contribution < -0.4 is 0 Å². The highest BCUT2D eigenvalue weighted by Crippen LogP contribution is 2.37. The van der Waals surface area contributed by atoms with E-state index in [1.54, 1.807) is 18.2 Å². The SMILES string of the molecule is C=CCCCCc1c(C(=C)C=C)nc(-c2ccc(F)cc2)c(/C=C/C)c1C(C)C.CC.CC. The summed E-state index contributed by atoms with van der Waals surface area (Å²) in [7, 11) is 0. The maximum atomic E-state index is 13.5. The van der Waals surface area contributed by atoms with Gasteiger partial charge in [0, 0.05) is 11.1 Å². The van der Waals surface area contributed by atoms with E-state index in [4.69, 9.17) is 4.98 Å². The van der Waals surface area contributed by atoms with Gasteiger partial charge in [0.2, 0.25) is 0 Å². The summed E-state index contributed by atoms with van der Waals surface area (Å²) in [5.74, 6) is 0.0640. The molecule has 0 saturated carbocycles. The van der Waals surface area contributed by atoms with E-state index < -0.39 is 0 Å². The lowest BCUT2D eigenvalue weighted by Gasteiger charge is -2.23. The standard InChI is InChI=1S/C27H32FN.2C2H6/c1-7-10-11-12-14-24-25(19(4)5)23(13-8-2)27(29-26(24)20(6)9-3)21-15-17-22(28)18-16-21;2*1-2/h7-9,13,15-19H,1,3,6,10-12,14H2,2,4-5H3;2*1-2H3/b13-8+;;. The molecule has 0 spiro atoms. The molecular formula is C31H44FN. The number of pyridine rings is 1. The fourth-order valence-electron chi connectivity index (χ4n) is 3.69. The fourth-order valence-corrected chi connectivity index (χ4v) is 3.69. The number of nitrogens with zero attached hydrogens (tertiary/aromatic N) is 1. The zero-order valence-electron chi connectivity index (χ0n) is 22.0. The molecule has 0 amide bonds. The molecule has 0 atom stereocenters. The molecule has 2 aromatic rings. The smallest absolute Gasteiger partial charge is 0.123 e. The third kappa shape index (κ3) is 8.61. The minimum atomic E-state index is -0.250. The molecule has 0 aliphatic rings. The van der Waals surface area contributed by atoms with Crippen LogP contribution in [0.25, 0.3) is 22.9 Å². The summed E-state index contributed by atoms with van der Waals surface area (Å²) in [4.78, 5) is 5.04. The van der Waals surface area contributed by atoms with Crippen molar-refractivity contribution in [2.24, 2.45) is 0 Å². The normalized spacial score (nSPS) is 10.2. The number of rotatable bonds is 10. The van der Waals surface area contributed by atoms with E-state index in [1.807, 2.05) is 46.8 Å². The Morgan fingerprint density at radius 3 is 2.12 bits per heavy atom. The van der Waals surface area contributed by atoms with Gasteiger partial charge in [-0.25, -0.2) is 9.37 Å². The van der Waals surface area contributed by atoms with Crippen LogP contribution in [0, 0.1) is 5.82 Å². The van der Waals surface area contributed by atoms with Gasteiger partial charge in [0.25, 0.3) is 0 Å². The van der Waals surface area contributed by atoms with Gasteiger partial charge in [-0.05, 0) is 79.5 Å². The van der Waals surface area contributed by atoms with Gasteiger partial charge in [-0.15, -0.1) is 6.58 Å². The summed E-state index contributed by atoms with van der Waals surface area (Å²) in [6.07, 6.45) is 12.0. The third-order valence-electron chi connectivity index (χ3n) is 5.04. The van der Waals surface area contributed by atoms with E-state index in [2.05, 4.69) is 39.7 Å². The number of halogens is 1. The third-order valence-corrected chi connectivity index (χ3v) is 5.04. The lowest BCUT2D eigenvalue weighted by atomic mass is 9.85. The van der Waals surface area contributed by atoms with Gasteiger partial charge < -0.3 is 0 Å². The second-order valence-corrected chi connectivity index (χ2v) is 7.54. The molecule has 0 N–H and O–H groups in total. The Morgan fingerprint density at radius 2 is 1.64 bits per heavy atom. The van der Waals surface area contributed by atoms with Crippen LogP contribution in [0.4, 0.5) is 4.39 Å². The molecule has 1 heterocycles. The molecule has 2 rings (SSSR count). The maximum absolute atomic E-state index is 13.5. The highest BCUT2D eigenvalue weighted by atomic mass is 19.1. The van der Waals surface area contributed by atoms with Gasteiger partial charge in [0.15, 0.2) is 0 Å². The lowest BCUT2D eigenvalue weighted by molar-refractivity contribution is 0.628. The predicted octanol–water partition coefficient (Wildman–Crippen LogP) is 10.2. The number of hydrogen-bond donors (Lipinski definition) is 0. The van der Waals surface area contributed by atoms with E-state index in [0.717, 1.165) is 53.8 Å². The van der Waals surface area contributed by atoms with Gasteiger partial charge in [-0.3, -0.25) is 0 Å². The topological polar surface area (TPSA) is 12.9 Å². The van der Waals surface area contributed by atoms with Gasteiger partial charge in [0.05, 0.1) is 11.4 Å². The highest BCUT2D eigenvalue weighted by Gasteiger charge is 2.21. The summed E-state index contributed by atoms with van der Waals surface area (Å²) in [5.41, 5.74) is 7.11. The van der Waals surface area contributed by atoms with E-state index in [9.17, 15) is 4.39 Å². The van der Waals surface area contributed by atoms with Crippen molar-refractivity contribution in [2.75, 3.05) is 0 Å². The predicted molar refractivity (Wildman–Crippen MR) is 148 cm³/mol. The zero-order chi connectivity index (χ0) is 25.4. The minimum Gasteiger partial charge on any atom is -0.247 e. The Labute approximate surface area is 202 Å². The first kappa shape index (κ1) is 30.3. The Morgan fingerprint density at radius 1 is 1.03 bits per heavy atom. The molecule has 33 heavy (non-hydrogen) atoms. The van der Waals surface area contributed by atoms with Crippen LogP contribution in [0.15, 0.2) is 62.2 Å². The molecule has 0 aliphatic carbocycles. The number of allylic oxidation sites excluding steroid dienone is 4. The number of aromatic nitrogens is 1. The summed E-state index contributed by atoms with van der Waals surface area (Å²) >= 11 is 0. The van der Waals surface area contributed by atoms with Crippen molar-refractivity contribution in [3.05, 3.63) is 90.4 Å². The molecule has 1 aromatic carbocycles. The Kier molecular flexibility index (Phi) is 15.4. The summed E-state index contributed by atoms with van der Waals surface area (Å²) in [6, 6.07) is 6.55. The van der Waals surface area contributed by atoms with Crippen LogP contribution in [0.5, 0.6) is 0 Å². The van der Waals surface area contributed by atoms with Gasteiger partial charge in [0.1, 0.15) is 5.82 Å². The summed E-state index contributed by atoms with van der Waals surface area (Å²) in [6.45, 7) is 26.4. The molecule has 2 heteroatoms. The van der Waals surface area contributed by atoms with Crippen molar-refractivity contribution in [1.29, 1.82) is 0 Å². The van der Waals surface area contributed by atoms with Crippen LogP contribution in [0.2, 0.25) is 0 Å². The molecule has 1 nitrogen and oxygen atoms in total.